The molecule has 3 aromatic carbocycles. The van der Waals surface area contributed by atoms with Crippen LogP contribution < -0.4 is 20.5 Å². The average molecular weight is 640 g/mol. The van der Waals surface area contributed by atoms with E-state index in [9.17, 15) is 53.5 Å². The number of carbonyl (C=O) groups excluding carboxylic acids is 2. The zero-order valence-electron chi connectivity index (χ0n) is 22.5. The van der Waals surface area contributed by atoms with Crippen LogP contribution in [0.3, 0.4) is 0 Å². The SMILES string of the molecule is CC(C)Oc1cc([C@@](CC(N)=O)(NC(=O)c2ccc(F)c(C(F)(F)F)c2)c2cc(F)cc(OC(F)(F)C(F)F)c2)ccc1F. The number of amides is 2. The number of alkyl halides is 7. The second-order valence-electron chi connectivity index (χ2n) is 9.65. The molecule has 2 amide bonds. The summed E-state index contributed by atoms with van der Waals surface area (Å²) in [5, 5.41) is 2.18. The molecule has 3 aromatic rings. The smallest absolute Gasteiger partial charge is 0.461 e. The molecular weight excluding hydrogens is 618 g/mol. The van der Waals surface area contributed by atoms with E-state index in [-0.39, 0.29) is 17.7 Å². The van der Waals surface area contributed by atoms with Crippen molar-refractivity contribution in [1.29, 1.82) is 0 Å². The van der Waals surface area contributed by atoms with E-state index in [2.05, 4.69) is 10.1 Å². The molecule has 238 valence electrons. The van der Waals surface area contributed by atoms with Crippen molar-refractivity contribution in [3.63, 3.8) is 0 Å². The lowest BCUT2D eigenvalue weighted by molar-refractivity contribution is -0.253. The van der Waals surface area contributed by atoms with Crippen molar-refractivity contribution in [3.8, 4) is 11.5 Å². The number of benzene rings is 3. The monoisotopic (exact) mass is 640 g/mol. The van der Waals surface area contributed by atoms with Crippen LogP contribution in [0.4, 0.5) is 43.9 Å². The van der Waals surface area contributed by atoms with Crippen molar-refractivity contribution in [1.82, 2.24) is 5.32 Å². The average Bonchev–Trinajstić information content (AvgIpc) is 2.87. The van der Waals surface area contributed by atoms with Gasteiger partial charge in [-0.2, -0.15) is 30.7 Å². The molecule has 0 saturated heterocycles. The van der Waals surface area contributed by atoms with Gasteiger partial charge in [0.15, 0.2) is 11.6 Å². The molecule has 16 heteroatoms. The highest BCUT2D eigenvalue weighted by molar-refractivity contribution is 5.96. The molecule has 0 aliphatic carbocycles. The van der Waals surface area contributed by atoms with E-state index in [1.165, 1.54) is 13.8 Å². The van der Waals surface area contributed by atoms with Gasteiger partial charge in [-0.15, -0.1) is 0 Å². The first-order valence-corrected chi connectivity index (χ1v) is 12.4. The highest BCUT2D eigenvalue weighted by Gasteiger charge is 2.45. The molecular formula is C28H22F10N2O4. The van der Waals surface area contributed by atoms with Crippen LogP contribution in [0, 0.1) is 17.5 Å². The number of nitrogens with two attached hydrogens (primary N) is 1. The molecule has 0 aromatic heterocycles. The number of hydrogen-bond acceptors (Lipinski definition) is 4. The largest absolute Gasteiger partial charge is 0.488 e. The van der Waals surface area contributed by atoms with Gasteiger partial charge in [-0.3, -0.25) is 9.59 Å². The molecule has 0 saturated carbocycles. The molecule has 0 fully saturated rings. The highest BCUT2D eigenvalue weighted by Crippen LogP contribution is 2.40. The first-order chi connectivity index (χ1) is 20.2. The molecule has 0 radical (unpaired) electrons. The Morgan fingerprint density at radius 1 is 0.864 bits per heavy atom. The van der Waals surface area contributed by atoms with Gasteiger partial charge in [0, 0.05) is 11.6 Å². The van der Waals surface area contributed by atoms with Crippen LogP contribution in [-0.4, -0.2) is 30.5 Å². The summed E-state index contributed by atoms with van der Waals surface area (Å²) in [6, 6.07) is 5.04. The first-order valence-electron chi connectivity index (χ1n) is 12.4. The maximum absolute atomic E-state index is 14.8. The van der Waals surface area contributed by atoms with Crippen LogP contribution in [0.2, 0.25) is 0 Å². The molecule has 0 unspecified atom stereocenters. The van der Waals surface area contributed by atoms with E-state index in [1.807, 2.05) is 0 Å². The molecule has 0 aliphatic rings. The Morgan fingerprint density at radius 2 is 1.50 bits per heavy atom. The minimum absolute atomic E-state index is 0.126. The van der Waals surface area contributed by atoms with Crippen LogP contribution in [0.25, 0.3) is 0 Å². The number of rotatable bonds is 11. The van der Waals surface area contributed by atoms with Gasteiger partial charge in [0.1, 0.15) is 17.4 Å². The van der Waals surface area contributed by atoms with Crippen LogP contribution >= 0.6 is 0 Å². The fourth-order valence-corrected chi connectivity index (χ4v) is 4.15. The third kappa shape index (κ3) is 7.71. The van der Waals surface area contributed by atoms with Gasteiger partial charge in [-0.25, -0.2) is 13.2 Å². The molecule has 3 N–H and O–H groups in total. The minimum Gasteiger partial charge on any atom is -0.488 e. The Hall–Kier alpha value is -4.50. The Balaban J connectivity index is 2.34. The highest BCUT2D eigenvalue weighted by atomic mass is 19.4. The van der Waals surface area contributed by atoms with Crippen molar-refractivity contribution in [2.24, 2.45) is 5.73 Å². The van der Waals surface area contributed by atoms with Crippen LogP contribution in [-0.2, 0) is 16.5 Å². The molecule has 44 heavy (non-hydrogen) atoms. The van der Waals surface area contributed by atoms with E-state index in [0.717, 1.165) is 18.2 Å². The third-order valence-electron chi connectivity index (χ3n) is 5.96. The maximum Gasteiger partial charge on any atom is 0.461 e. The van der Waals surface area contributed by atoms with Crippen molar-refractivity contribution in [3.05, 3.63) is 94.3 Å². The number of hydrogen-bond donors (Lipinski definition) is 2. The predicted molar refractivity (Wildman–Crippen MR) is 134 cm³/mol. The Bertz CT molecular complexity index is 1550. The number of ether oxygens (including phenoxy) is 2. The van der Waals surface area contributed by atoms with E-state index >= 15 is 0 Å². The fraction of sp³-hybridized carbons (Fsp3) is 0.286. The van der Waals surface area contributed by atoms with Crippen molar-refractivity contribution in [2.75, 3.05) is 0 Å². The summed E-state index contributed by atoms with van der Waals surface area (Å²) in [6.45, 7) is 2.99. The number of halogens is 10. The second-order valence-corrected chi connectivity index (χ2v) is 9.65. The van der Waals surface area contributed by atoms with Crippen molar-refractivity contribution < 1.29 is 63.0 Å². The standard InChI is InChI=1S/C28H22F10N2O4/c1-13(2)43-22-10-15(4-6-21(22)31)26(12-23(39)41,16-8-17(29)11-18(9-16)44-28(37,38)25(32)33)40-24(42)14-3-5-20(30)19(7-14)27(34,35)36/h3-11,13,25H,12H2,1-2H3,(H2,39,41)(H,40,42)/t26-/m1/s1. The number of nitrogens with one attached hydrogen (secondary N) is 1. The topological polar surface area (TPSA) is 90.6 Å². The zero-order valence-corrected chi connectivity index (χ0v) is 22.5. The van der Waals surface area contributed by atoms with Gasteiger partial charge in [0.05, 0.1) is 23.6 Å². The van der Waals surface area contributed by atoms with E-state index < -0.39 is 94.2 Å². The van der Waals surface area contributed by atoms with E-state index in [1.54, 1.807) is 0 Å². The van der Waals surface area contributed by atoms with Crippen molar-refractivity contribution >= 4 is 11.8 Å². The molecule has 6 nitrogen and oxygen atoms in total. The zero-order chi connectivity index (χ0) is 33.2. The van der Waals surface area contributed by atoms with E-state index in [4.69, 9.17) is 10.5 Å². The van der Waals surface area contributed by atoms with Gasteiger partial charge < -0.3 is 20.5 Å². The lowest BCUT2D eigenvalue weighted by Crippen LogP contribution is -2.49. The minimum atomic E-state index is -5.25. The number of carbonyl (C=O) groups is 2. The van der Waals surface area contributed by atoms with Gasteiger partial charge in [-0.1, -0.05) is 6.07 Å². The van der Waals surface area contributed by atoms with Crippen LogP contribution in [0.15, 0.2) is 54.6 Å². The van der Waals surface area contributed by atoms with Crippen LogP contribution in [0.1, 0.15) is 47.3 Å². The quantitative estimate of drug-likeness (QED) is 0.229. The Labute approximate surface area is 242 Å². The lowest BCUT2D eigenvalue weighted by atomic mass is 9.79. The summed E-state index contributed by atoms with van der Waals surface area (Å²) < 4.78 is 146. The third-order valence-corrected chi connectivity index (χ3v) is 5.96. The van der Waals surface area contributed by atoms with Gasteiger partial charge >= 0.3 is 18.7 Å². The molecule has 0 aliphatic heterocycles. The van der Waals surface area contributed by atoms with Gasteiger partial charge in [-0.05, 0) is 67.4 Å². The van der Waals surface area contributed by atoms with Crippen molar-refractivity contribution in [2.45, 2.75) is 50.6 Å². The molecule has 0 spiro atoms. The normalized spacial score (nSPS) is 13.5. The van der Waals surface area contributed by atoms with E-state index in [0.29, 0.717) is 24.3 Å². The Morgan fingerprint density at radius 3 is 2.07 bits per heavy atom. The van der Waals surface area contributed by atoms with Gasteiger partial charge in [0.25, 0.3) is 5.91 Å². The first kappa shape index (κ1) is 34.0. The Kier molecular flexibility index (Phi) is 9.75. The molecule has 1 atom stereocenters. The lowest BCUT2D eigenvalue weighted by Gasteiger charge is -2.36. The maximum atomic E-state index is 14.8. The summed E-state index contributed by atoms with van der Waals surface area (Å²) in [5.41, 5.74) is -0.851. The summed E-state index contributed by atoms with van der Waals surface area (Å²) in [4.78, 5) is 25.7. The summed E-state index contributed by atoms with van der Waals surface area (Å²) in [5.74, 6) is -8.60. The predicted octanol–water partition coefficient (Wildman–Crippen LogP) is 6.70. The molecule has 0 bridgehead atoms. The summed E-state index contributed by atoms with van der Waals surface area (Å²) in [6.07, 6.45) is -16.5. The van der Waals surface area contributed by atoms with Crippen LogP contribution in [0.5, 0.6) is 11.5 Å². The molecule has 3 rings (SSSR count). The summed E-state index contributed by atoms with van der Waals surface area (Å²) >= 11 is 0. The fourth-order valence-electron chi connectivity index (χ4n) is 4.15. The molecule has 0 heterocycles. The number of primary amides is 1. The summed E-state index contributed by atoms with van der Waals surface area (Å²) in [7, 11) is 0. The second kappa shape index (κ2) is 12.6. The van der Waals surface area contributed by atoms with Gasteiger partial charge in [0.2, 0.25) is 5.91 Å².